The van der Waals surface area contributed by atoms with E-state index < -0.39 is 0 Å². The Morgan fingerprint density at radius 1 is 1.40 bits per heavy atom. The maximum atomic E-state index is 13.4. The summed E-state index contributed by atoms with van der Waals surface area (Å²) in [5.74, 6) is 0.284. The van der Waals surface area contributed by atoms with E-state index in [2.05, 4.69) is 15.3 Å². The van der Waals surface area contributed by atoms with Gasteiger partial charge in [0, 0.05) is 44.0 Å². The van der Waals surface area contributed by atoms with Gasteiger partial charge in [0.1, 0.15) is 5.82 Å². The smallest absolute Gasteiger partial charge is 0.224 e. The number of amides is 1. The number of nitrogens with zero attached hydrogens (tertiary/aromatic N) is 3. The number of rotatable bonds is 4. The van der Waals surface area contributed by atoms with Gasteiger partial charge in [-0.15, -0.1) is 0 Å². The maximum absolute atomic E-state index is 13.4. The quantitative estimate of drug-likeness (QED) is 0.928. The van der Waals surface area contributed by atoms with Gasteiger partial charge in [0.15, 0.2) is 0 Å². The largest absolute Gasteiger partial charge is 0.369 e. The average molecular weight is 342 g/mol. The number of benzene rings is 1. The fraction of sp³-hybridized carbons (Fsp3) is 0.474. The number of anilines is 1. The van der Waals surface area contributed by atoms with Gasteiger partial charge in [-0.25, -0.2) is 4.39 Å². The van der Waals surface area contributed by atoms with Crippen molar-refractivity contribution in [1.29, 1.82) is 0 Å². The summed E-state index contributed by atoms with van der Waals surface area (Å²) < 4.78 is 15.2. The number of halogens is 1. The Kier molecular flexibility index (Phi) is 4.19. The first-order valence-electron chi connectivity index (χ1n) is 8.89. The van der Waals surface area contributed by atoms with E-state index in [0.29, 0.717) is 5.92 Å². The minimum atomic E-state index is -0.221. The normalized spacial score (nSPS) is 25.7. The lowest BCUT2D eigenvalue weighted by Crippen LogP contribution is -2.48. The van der Waals surface area contributed by atoms with Crippen LogP contribution >= 0.6 is 0 Å². The number of carbonyl (C=O) groups excluding carboxylic acids is 1. The molecule has 2 heterocycles. The van der Waals surface area contributed by atoms with Crippen LogP contribution in [0.1, 0.15) is 30.7 Å². The molecule has 3 atom stereocenters. The summed E-state index contributed by atoms with van der Waals surface area (Å²) in [6.07, 6.45) is 6.71. The Hall–Kier alpha value is -2.37. The summed E-state index contributed by atoms with van der Waals surface area (Å²) in [5.41, 5.74) is 2.03. The number of hydrogen-bond donors (Lipinski definition) is 1. The molecular formula is C19H23FN4O. The van der Waals surface area contributed by atoms with Crippen LogP contribution in [-0.4, -0.2) is 34.8 Å². The van der Waals surface area contributed by atoms with E-state index >= 15 is 0 Å². The van der Waals surface area contributed by atoms with Crippen molar-refractivity contribution in [2.45, 2.75) is 31.2 Å². The molecular weight excluding hydrogens is 319 g/mol. The molecule has 4 rings (SSSR count). The number of hydrogen-bond acceptors (Lipinski definition) is 3. The Morgan fingerprint density at radius 3 is 3.04 bits per heavy atom. The highest BCUT2D eigenvalue weighted by atomic mass is 19.1. The molecule has 0 spiro atoms. The number of aryl methyl sites for hydroxylation is 1. The zero-order valence-corrected chi connectivity index (χ0v) is 14.4. The van der Waals surface area contributed by atoms with E-state index in [0.717, 1.165) is 43.6 Å². The molecule has 5 nitrogen and oxygen atoms in total. The summed E-state index contributed by atoms with van der Waals surface area (Å²) in [6.45, 7) is 1.64. The van der Waals surface area contributed by atoms with Gasteiger partial charge in [-0.2, -0.15) is 5.10 Å². The Labute approximate surface area is 146 Å². The van der Waals surface area contributed by atoms with Crippen LogP contribution in [0, 0.1) is 11.7 Å². The van der Waals surface area contributed by atoms with E-state index in [-0.39, 0.29) is 23.7 Å². The molecule has 1 amide bonds. The fourth-order valence-corrected chi connectivity index (χ4v) is 3.80. The maximum Gasteiger partial charge on any atom is 0.224 e. The topological polar surface area (TPSA) is 50.2 Å². The van der Waals surface area contributed by atoms with Crippen molar-refractivity contribution < 1.29 is 9.18 Å². The molecule has 1 aliphatic carbocycles. The molecule has 2 fully saturated rings. The highest BCUT2D eigenvalue weighted by Crippen LogP contribution is 2.47. The van der Waals surface area contributed by atoms with Crippen LogP contribution < -0.4 is 10.2 Å². The summed E-state index contributed by atoms with van der Waals surface area (Å²) in [5, 5.41) is 7.39. The second-order valence-corrected chi connectivity index (χ2v) is 7.17. The van der Waals surface area contributed by atoms with Gasteiger partial charge in [-0.1, -0.05) is 6.07 Å². The Morgan fingerprint density at radius 2 is 2.28 bits per heavy atom. The molecule has 1 aromatic carbocycles. The van der Waals surface area contributed by atoms with Crippen LogP contribution in [0.5, 0.6) is 0 Å². The second-order valence-electron chi connectivity index (χ2n) is 7.17. The number of piperidine rings is 1. The van der Waals surface area contributed by atoms with Crippen molar-refractivity contribution in [2.24, 2.45) is 13.0 Å². The molecule has 6 heteroatoms. The van der Waals surface area contributed by atoms with Gasteiger partial charge >= 0.3 is 0 Å². The molecule has 0 unspecified atom stereocenters. The number of aromatic nitrogens is 2. The first kappa shape index (κ1) is 16.1. The van der Waals surface area contributed by atoms with Crippen LogP contribution in [0.2, 0.25) is 0 Å². The fourth-order valence-electron chi connectivity index (χ4n) is 3.80. The molecule has 1 saturated carbocycles. The van der Waals surface area contributed by atoms with Crippen LogP contribution in [0.4, 0.5) is 10.1 Å². The van der Waals surface area contributed by atoms with Crippen molar-refractivity contribution in [2.75, 3.05) is 18.0 Å². The summed E-state index contributed by atoms with van der Waals surface area (Å²) in [7, 11) is 1.89. The van der Waals surface area contributed by atoms with Crippen molar-refractivity contribution in [3.8, 4) is 0 Å². The zero-order chi connectivity index (χ0) is 17.4. The molecule has 132 valence electrons. The lowest BCUT2D eigenvalue weighted by Gasteiger charge is -2.34. The monoisotopic (exact) mass is 342 g/mol. The summed E-state index contributed by atoms with van der Waals surface area (Å²) in [6, 6.07) is 6.80. The lowest BCUT2D eigenvalue weighted by atomic mass is 10.0. The van der Waals surface area contributed by atoms with Gasteiger partial charge in [0.2, 0.25) is 5.91 Å². The van der Waals surface area contributed by atoms with E-state index in [4.69, 9.17) is 0 Å². The first-order chi connectivity index (χ1) is 12.1. The van der Waals surface area contributed by atoms with Gasteiger partial charge in [0.25, 0.3) is 0 Å². The minimum Gasteiger partial charge on any atom is -0.369 e. The van der Waals surface area contributed by atoms with Crippen LogP contribution in [-0.2, 0) is 11.8 Å². The lowest BCUT2D eigenvalue weighted by molar-refractivity contribution is -0.123. The summed E-state index contributed by atoms with van der Waals surface area (Å²) >= 11 is 0. The van der Waals surface area contributed by atoms with Gasteiger partial charge in [-0.05, 0) is 48.9 Å². The molecule has 2 aliphatic rings. The Bertz CT molecular complexity index is 774. The molecule has 1 aromatic heterocycles. The first-order valence-corrected chi connectivity index (χ1v) is 8.89. The molecule has 0 radical (unpaired) electrons. The van der Waals surface area contributed by atoms with Crippen molar-refractivity contribution >= 4 is 11.6 Å². The van der Waals surface area contributed by atoms with Crippen molar-refractivity contribution in [3.05, 3.63) is 48.0 Å². The van der Waals surface area contributed by atoms with E-state index in [1.807, 2.05) is 25.5 Å². The third-order valence-electron chi connectivity index (χ3n) is 5.22. The molecule has 1 aliphatic heterocycles. The van der Waals surface area contributed by atoms with Gasteiger partial charge in [-0.3, -0.25) is 9.48 Å². The molecule has 0 bridgehead atoms. The molecule has 1 saturated heterocycles. The van der Waals surface area contributed by atoms with Gasteiger partial charge in [0.05, 0.1) is 6.20 Å². The molecule has 2 aromatic rings. The van der Waals surface area contributed by atoms with Crippen molar-refractivity contribution in [1.82, 2.24) is 15.1 Å². The minimum absolute atomic E-state index is 0.0637. The zero-order valence-electron chi connectivity index (χ0n) is 14.4. The predicted octanol–water partition coefficient (Wildman–Crippen LogP) is 2.45. The Balaban J connectivity index is 1.34. The standard InChI is InChI=1S/C19H23FN4O/c1-23-11-13(10-21-23)17-9-18(17)19(25)22-15-5-3-7-24(12-15)16-6-2-4-14(20)8-16/h2,4,6,8,10-11,15,17-18H,3,5,7,9,12H2,1H3,(H,22,25)/t15-,17+,18+/m1/s1. The number of nitrogens with one attached hydrogen (secondary N) is 1. The van der Waals surface area contributed by atoms with E-state index in [1.165, 1.54) is 6.07 Å². The van der Waals surface area contributed by atoms with Crippen LogP contribution in [0.25, 0.3) is 0 Å². The molecule has 1 N–H and O–H groups in total. The average Bonchev–Trinajstić information content (AvgIpc) is 3.30. The SMILES string of the molecule is Cn1cc([C@@H]2C[C@@H]2C(=O)N[C@@H]2CCCN(c3cccc(F)c3)C2)cn1. The molecule has 25 heavy (non-hydrogen) atoms. The predicted molar refractivity (Wildman–Crippen MR) is 93.8 cm³/mol. The van der Waals surface area contributed by atoms with Crippen LogP contribution in [0.15, 0.2) is 36.7 Å². The van der Waals surface area contributed by atoms with E-state index in [1.54, 1.807) is 16.8 Å². The second kappa shape index (κ2) is 6.50. The summed E-state index contributed by atoms with van der Waals surface area (Å²) in [4.78, 5) is 14.7. The highest BCUT2D eigenvalue weighted by molar-refractivity contribution is 5.83. The van der Waals surface area contributed by atoms with Crippen LogP contribution in [0.3, 0.4) is 0 Å². The number of carbonyl (C=O) groups is 1. The van der Waals surface area contributed by atoms with Gasteiger partial charge < -0.3 is 10.2 Å². The third-order valence-corrected chi connectivity index (χ3v) is 5.22. The van der Waals surface area contributed by atoms with E-state index in [9.17, 15) is 9.18 Å². The third kappa shape index (κ3) is 3.52. The highest BCUT2D eigenvalue weighted by Gasteiger charge is 2.45. The van der Waals surface area contributed by atoms with Crippen molar-refractivity contribution in [3.63, 3.8) is 0 Å².